The van der Waals surface area contributed by atoms with Gasteiger partial charge in [-0.3, -0.25) is 4.79 Å². The molecule has 3 heteroatoms. The van der Waals surface area contributed by atoms with E-state index in [1.807, 2.05) is 24.3 Å². The molecule has 0 saturated heterocycles. The van der Waals surface area contributed by atoms with Crippen LogP contribution in [0.4, 0.5) is 0 Å². The van der Waals surface area contributed by atoms with Crippen LogP contribution in [0.15, 0.2) is 36.6 Å². The first kappa shape index (κ1) is 8.81. The first-order valence-corrected chi connectivity index (χ1v) is 4.33. The summed E-state index contributed by atoms with van der Waals surface area (Å²) in [5.74, 6) is 0.127. The van der Waals surface area contributed by atoms with Gasteiger partial charge in [-0.1, -0.05) is 18.2 Å². The molecule has 0 fully saturated rings. The van der Waals surface area contributed by atoms with Crippen LogP contribution in [0.1, 0.15) is 11.5 Å². The fourth-order valence-electron chi connectivity index (χ4n) is 1.49. The number of carbonyl (C=O) groups is 1. The van der Waals surface area contributed by atoms with Gasteiger partial charge in [0.2, 0.25) is 0 Å². The molecule has 72 valence electrons. The molecule has 1 aliphatic rings. The Bertz CT molecular complexity index is 382. The predicted molar refractivity (Wildman–Crippen MR) is 51.0 cm³/mol. The van der Waals surface area contributed by atoms with E-state index >= 15 is 0 Å². The zero-order valence-corrected chi connectivity index (χ0v) is 7.77. The summed E-state index contributed by atoms with van der Waals surface area (Å²) in [6.45, 7) is 0. The van der Waals surface area contributed by atoms with Crippen molar-refractivity contribution in [2.75, 3.05) is 7.11 Å². The maximum atomic E-state index is 11.3. The van der Waals surface area contributed by atoms with Crippen molar-refractivity contribution in [2.45, 2.75) is 5.92 Å². The topological polar surface area (TPSA) is 35.5 Å². The third-order valence-electron chi connectivity index (χ3n) is 2.18. The van der Waals surface area contributed by atoms with Gasteiger partial charge in [-0.2, -0.15) is 0 Å². The minimum Gasteiger partial charge on any atom is -0.496 e. The summed E-state index contributed by atoms with van der Waals surface area (Å²) in [5.41, 5.74) is 0.841. The maximum Gasteiger partial charge on any atom is 0.322 e. The minimum atomic E-state index is -0.328. The molecule has 1 aromatic carbocycles. The Morgan fingerprint density at radius 3 is 2.79 bits per heavy atom. The van der Waals surface area contributed by atoms with Gasteiger partial charge in [-0.15, -0.1) is 0 Å². The molecule has 0 aliphatic carbocycles. The Morgan fingerprint density at radius 1 is 1.36 bits per heavy atom. The van der Waals surface area contributed by atoms with E-state index < -0.39 is 0 Å². The lowest BCUT2D eigenvalue weighted by atomic mass is 9.99. The molecule has 1 aliphatic heterocycles. The van der Waals surface area contributed by atoms with E-state index in [2.05, 4.69) is 0 Å². The van der Waals surface area contributed by atoms with E-state index in [1.54, 1.807) is 13.2 Å². The van der Waals surface area contributed by atoms with Crippen molar-refractivity contribution in [1.29, 1.82) is 0 Å². The first-order valence-electron chi connectivity index (χ1n) is 4.33. The van der Waals surface area contributed by atoms with Crippen molar-refractivity contribution in [3.63, 3.8) is 0 Å². The average Bonchev–Trinajstić information content (AvgIpc) is 2.64. The molecular formula is C11H10O3. The Hall–Kier alpha value is -1.77. The molecule has 1 atom stereocenters. The van der Waals surface area contributed by atoms with Crippen LogP contribution >= 0.6 is 0 Å². The van der Waals surface area contributed by atoms with E-state index in [-0.39, 0.29) is 11.9 Å². The van der Waals surface area contributed by atoms with Crippen molar-refractivity contribution in [1.82, 2.24) is 0 Å². The fourth-order valence-corrected chi connectivity index (χ4v) is 1.49. The van der Waals surface area contributed by atoms with Crippen LogP contribution in [0.2, 0.25) is 0 Å². The number of hydrogen-bond acceptors (Lipinski definition) is 3. The highest BCUT2D eigenvalue weighted by Gasteiger charge is 2.25. The zero-order chi connectivity index (χ0) is 9.97. The highest BCUT2D eigenvalue weighted by atomic mass is 16.5. The van der Waals surface area contributed by atoms with Crippen LogP contribution in [0.5, 0.6) is 5.75 Å². The van der Waals surface area contributed by atoms with E-state index in [4.69, 9.17) is 9.47 Å². The molecule has 1 unspecified atom stereocenters. The minimum absolute atomic E-state index is 0.255. The molecule has 0 spiro atoms. The summed E-state index contributed by atoms with van der Waals surface area (Å²) in [4.78, 5) is 11.3. The van der Waals surface area contributed by atoms with Gasteiger partial charge in [-0.05, 0) is 12.1 Å². The number of benzene rings is 1. The van der Waals surface area contributed by atoms with E-state index in [0.29, 0.717) is 5.75 Å². The maximum absolute atomic E-state index is 11.3. The Balaban J connectivity index is 2.40. The molecule has 0 radical (unpaired) electrons. The number of ether oxygens (including phenoxy) is 2. The lowest BCUT2D eigenvalue weighted by Crippen LogP contribution is -2.07. The van der Waals surface area contributed by atoms with Gasteiger partial charge >= 0.3 is 5.97 Å². The fraction of sp³-hybridized carbons (Fsp3) is 0.182. The van der Waals surface area contributed by atoms with Gasteiger partial charge in [0, 0.05) is 5.56 Å². The summed E-state index contributed by atoms with van der Waals surface area (Å²) < 4.78 is 9.91. The Kier molecular flexibility index (Phi) is 2.23. The molecule has 0 bridgehead atoms. The van der Waals surface area contributed by atoms with Crippen LogP contribution in [0, 0.1) is 0 Å². The molecule has 0 N–H and O–H groups in total. The third-order valence-corrected chi connectivity index (χ3v) is 2.18. The Labute approximate surface area is 81.9 Å². The van der Waals surface area contributed by atoms with E-state index in [0.717, 1.165) is 5.56 Å². The van der Waals surface area contributed by atoms with Gasteiger partial charge < -0.3 is 9.47 Å². The van der Waals surface area contributed by atoms with Gasteiger partial charge in [-0.25, -0.2) is 0 Å². The second-order valence-corrected chi connectivity index (χ2v) is 2.99. The summed E-state index contributed by atoms with van der Waals surface area (Å²) in [7, 11) is 1.59. The molecule has 3 nitrogen and oxygen atoms in total. The number of methoxy groups -OCH3 is 1. The van der Waals surface area contributed by atoms with Crippen molar-refractivity contribution in [2.24, 2.45) is 0 Å². The van der Waals surface area contributed by atoms with Crippen LogP contribution in [0.3, 0.4) is 0 Å². The molecule has 0 amide bonds. The number of para-hydroxylation sites is 1. The van der Waals surface area contributed by atoms with Crippen molar-refractivity contribution >= 4 is 5.97 Å². The largest absolute Gasteiger partial charge is 0.496 e. The van der Waals surface area contributed by atoms with Gasteiger partial charge in [0.25, 0.3) is 0 Å². The molecule has 0 saturated carbocycles. The zero-order valence-electron chi connectivity index (χ0n) is 7.77. The van der Waals surface area contributed by atoms with Gasteiger partial charge in [0.1, 0.15) is 11.7 Å². The summed E-state index contributed by atoms with van der Waals surface area (Å²) >= 11 is 0. The monoisotopic (exact) mass is 190 g/mol. The number of carbonyl (C=O) groups excluding carboxylic acids is 1. The first-order chi connectivity index (χ1) is 6.83. The second kappa shape index (κ2) is 3.54. The predicted octanol–water partition coefficient (Wildman–Crippen LogP) is 1.85. The number of esters is 1. The Morgan fingerprint density at radius 2 is 2.14 bits per heavy atom. The quantitative estimate of drug-likeness (QED) is 0.667. The molecular weight excluding hydrogens is 180 g/mol. The number of rotatable bonds is 2. The standard InChI is InChI=1S/C11H10O3/c1-13-10-5-3-2-4-8(10)9-6-7-14-11(9)12/h2-7,9H,1H3. The van der Waals surface area contributed by atoms with Crippen molar-refractivity contribution in [3.05, 3.63) is 42.2 Å². The molecule has 14 heavy (non-hydrogen) atoms. The van der Waals surface area contributed by atoms with Crippen LogP contribution in [-0.2, 0) is 9.53 Å². The smallest absolute Gasteiger partial charge is 0.322 e. The molecule has 1 aromatic rings. The summed E-state index contributed by atoms with van der Waals surface area (Å²) in [6.07, 6.45) is 3.14. The number of cyclic esters (lactones) is 1. The normalized spacial score (nSPS) is 19.5. The summed E-state index contributed by atoms with van der Waals surface area (Å²) in [6, 6.07) is 7.43. The molecule has 1 heterocycles. The SMILES string of the molecule is COc1ccccc1C1C=COC1=O. The van der Waals surface area contributed by atoms with E-state index in [1.165, 1.54) is 6.26 Å². The summed E-state index contributed by atoms with van der Waals surface area (Å²) in [5, 5.41) is 0. The highest BCUT2D eigenvalue weighted by molar-refractivity contribution is 5.84. The highest BCUT2D eigenvalue weighted by Crippen LogP contribution is 2.30. The van der Waals surface area contributed by atoms with E-state index in [9.17, 15) is 4.79 Å². The van der Waals surface area contributed by atoms with Crippen molar-refractivity contribution in [3.8, 4) is 5.75 Å². The lowest BCUT2D eigenvalue weighted by Gasteiger charge is -2.10. The van der Waals surface area contributed by atoms with Crippen LogP contribution in [0.25, 0.3) is 0 Å². The lowest BCUT2D eigenvalue weighted by molar-refractivity contribution is -0.136. The van der Waals surface area contributed by atoms with Crippen LogP contribution in [-0.4, -0.2) is 13.1 Å². The average molecular weight is 190 g/mol. The van der Waals surface area contributed by atoms with Gasteiger partial charge in [0.15, 0.2) is 0 Å². The van der Waals surface area contributed by atoms with Crippen molar-refractivity contribution < 1.29 is 14.3 Å². The second-order valence-electron chi connectivity index (χ2n) is 2.99. The molecule has 2 rings (SSSR count). The third kappa shape index (κ3) is 1.37. The molecule has 0 aromatic heterocycles. The van der Waals surface area contributed by atoms with Crippen LogP contribution < -0.4 is 4.74 Å². The van der Waals surface area contributed by atoms with Gasteiger partial charge in [0.05, 0.1) is 13.4 Å². The number of hydrogen-bond donors (Lipinski definition) is 0.